The molecule has 0 fully saturated rings. The molecule has 1 N–H and O–H groups in total. The quantitative estimate of drug-likeness (QED) is 0.441. The summed E-state index contributed by atoms with van der Waals surface area (Å²) in [6, 6.07) is 11.0. The fourth-order valence-electron chi connectivity index (χ4n) is 2.79. The largest absolute Gasteiger partial charge is 0.497 e. The molecular weight excluding hydrogens is 436 g/mol. The van der Waals surface area contributed by atoms with Crippen molar-refractivity contribution in [1.29, 1.82) is 0 Å². The smallest absolute Gasteiger partial charge is 0.230 e. The number of anilines is 1. The summed E-state index contributed by atoms with van der Waals surface area (Å²) in [5.74, 6) is 3.25. The number of carbonyl (C=O) groups is 1. The van der Waals surface area contributed by atoms with Crippen molar-refractivity contribution in [2.75, 3.05) is 33.8 Å². The summed E-state index contributed by atoms with van der Waals surface area (Å²) >= 11 is 3.12. The van der Waals surface area contributed by atoms with Gasteiger partial charge in [-0.15, -0.1) is 11.3 Å². The maximum atomic E-state index is 12.5. The van der Waals surface area contributed by atoms with Gasteiger partial charge in [0, 0.05) is 23.3 Å². The van der Waals surface area contributed by atoms with Crippen LogP contribution in [0.2, 0.25) is 0 Å². The van der Waals surface area contributed by atoms with Crippen molar-refractivity contribution < 1.29 is 23.7 Å². The molecular formula is C22H24N2O5S2. The van der Waals surface area contributed by atoms with Crippen LogP contribution in [-0.2, 0) is 17.0 Å². The second-order valence-electron chi connectivity index (χ2n) is 6.41. The van der Waals surface area contributed by atoms with Crippen molar-refractivity contribution in [2.45, 2.75) is 16.5 Å². The van der Waals surface area contributed by atoms with E-state index >= 15 is 0 Å². The Bertz CT molecular complexity index is 1020. The molecule has 31 heavy (non-hydrogen) atoms. The van der Waals surface area contributed by atoms with E-state index in [4.69, 9.17) is 18.9 Å². The van der Waals surface area contributed by atoms with Crippen LogP contribution in [0.25, 0.3) is 0 Å². The zero-order chi connectivity index (χ0) is 22.2. The van der Waals surface area contributed by atoms with Crippen LogP contribution in [0.5, 0.6) is 23.0 Å². The van der Waals surface area contributed by atoms with E-state index in [0.717, 1.165) is 32.8 Å². The second kappa shape index (κ2) is 10.9. The lowest BCUT2D eigenvalue weighted by atomic mass is 10.2. The van der Waals surface area contributed by atoms with Gasteiger partial charge < -0.3 is 24.3 Å². The number of thiazole rings is 1. The molecule has 1 heterocycles. The minimum atomic E-state index is -0.164. The molecule has 0 aliphatic rings. The van der Waals surface area contributed by atoms with Gasteiger partial charge in [0.15, 0.2) is 0 Å². The van der Waals surface area contributed by atoms with Gasteiger partial charge in [0.25, 0.3) is 0 Å². The van der Waals surface area contributed by atoms with Gasteiger partial charge in [-0.25, -0.2) is 4.98 Å². The Labute approximate surface area is 189 Å². The van der Waals surface area contributed by atoms with E-state index in [1.165, 1.54) is 11.3 Å². The van der Waals surface area contributed by atoms with E-state index in [2.05, 4.69) is 10.3 Å². The average molecular weight is 461 g/mol. The van der Waals surface area contributed by atoms with Crippen molar-refractivity contribution in [3.8, 4) is 23.0 Å². The summed E-state index contributed by atoms with van der Waals surface area (Å²) in [6.45, 7) is 0. The summed E-state index contributed by atoms with van der Waals surface area (Å²) in [5.41, 5.74) is 2.38. The van der Waals surface area contributed by atoms with Crippen LogP contribution in [-0.4, -0.2) is 39.3 Å². The molecule has 2 aromatic carbocycles. The van der Waals surface area contributed by atoms with Gasteiger partial charge in [0.2, 0.25) is 5.91 Å². The standard InChI is InChI=1S/C22H24N2O5S2/c1-26-16-5-6-19(20(11-16)29-4)24-21(25)9-15-13-31-22(23-15)30-12-14-7-17(27-2)10-18(8-14)28-3/h5-8,10-11,13H,9,12H2,1-4H3,(H,24,25). The van der Waals surface area contributed by atoms with Crippen molar-refractivity contribution in [3.05, 3.63) is 53.0 Å². The van der Waals surface area contributed by atoms with E-state index in [-0.39, 0.29) is 12.3 Å². The van der Waals surface area contributed by atoms with Crippen molar-refractivity contribution in [2.24, 2.45) is 0 Å². The summed E-state index contributed by atoms with van der Waals surface area (Å²) in [7, 11) is 6.39. The Morgan fingerprint density at radius 2 is 1.68 bits per heavy atom. The molecule has 9 heteroatoms. The van der Waals surface area contributed by atoms with E-state index < -0.39 is 0 Å². The Balaban J connectivity index is 1.58. The average Bonchev–Trinajstić information content (AvgIpc) is 3.24. The molecule has 0 aliphatic carbocycles. The second-order valence-corrected chi connectivity index (χ2v) is 8.49. The molecule has 3 rings (SSSR count). The van der Waals surface area contributed by atoms with Crippen LogP contribution in [0.15, 0.2) is 46.1 Å². The van der Waals surface area contributed by atoms with Crippen molar-refractivity contribution in [3.63, 3.8) is 0 Å². The van der Waals surface area contributed by atoms with Crippen molar-refractivity contribution >= 4 is 34.7 Å². The number of amides is 1. The number of carbonyl (C=O) groups excluding carboxylic acids is 1. The van der Waals surface area contributed by atoms with Gasteiger partial charge in [0.1, 0.15) is 27.3 Å². The summed E-state index contributed by atoms with van der Waals surface area (Å²) in [4.78, 5) is 17.0. The van der Waals surface area contributed by atoms with Crippen LogP contribution in [0.4, 0.5) is 5.69 Å². The first-order valence-corrected chi connectivity index (χ1v) is 11.2. The Morgan fingerprint density at radius 3 is 2.32 bits per heavy atom. The number of hydrogen-bond donors (Lipinski definition) is 1. The highest BCUT2D eigenvalue weighted by molar-refractivity contribution is 8.00. The fourth-order valence-corrected chi connectivity index (χ4v) is 4.57. The summed E-state index contributed by atoms with van der Waals surface area (Å²) in [6.07, 6.45) is 0.180. The number of benzene rings is 2. The number of rotatable bonds is 10. The van der Waals surface area contributed by atoms with Gasteiger partial charge in [0.05, 0.1) is 46.2 Å². The third-order valence-corrected chi connectivity index (χ3v) is 6.47. The van der Waals surface area contributed by atoms with E-state index in [1.807, 2.05) is 23.6 Å². The van der Waals surface area contributed by atoms with Gasteiger partial charge >= 0.3 is 0 Å². The van der Waals surface area contributed by atoms with Crippen molar-refractivity contribution in [1.82, 2.24) is 4.98 Å². The Kier molecular flexibility index (Phi) is 8.02. The third kappa shape index (κ3) is 6.28. The lowest BCUT2D eigenvalue weighted by Gasteiger charge is -2.11. The van der Waals surface area contributed by atoms with E-state index in [9.17, 15) is 4.79 Å². The first-order valence-electron chi connectivity index (χ1n) is 9.35. The third-order valence-electron chi connectivity index (χ3n) is 4.33. The molecule has 0 saturated heterocycles. The predicted molar refractivity (Wildman–Crippen MR) is 123 cm³/mol. The SMILES string of the molecule is COc1cc(CSc2nc(CC(=O)Nc3ccc(OC)cc3OC)cs2)cc(OC)c1. The first kappa shape index (κ1) is 22.8. The molecule has 0 spiro atoms. The van der Waals surface area contributed by atoms with Gasteiger partial charge in [-0.3, -0.25) is 4.79 Å². The highest BCUT2D eigenvalue weighted by atomic mass is 32.2. The van der Waals surface area contributed by atoms with E-state index in [0.29, 0.717) is 17.2 Å². The monoisotopic (exact) mass is 460 g/mol. The normalized spacial score (nSPS) is 10.5. The highest BCUT2D eigenvalue weighted by Gasteiger charge is 2.12. The van der Waals surface area contributed by atoms with Crippen LogP contribution in [0.3, 0.4) is 0 Å². The number of aromatic nitrogens is 1. The number of ether oxygens (including phenoxy) is 4. The zero-order valence-corrected chi connectivity index (χ0v) is 19.4. The first-order chi connectivity index (χ1) is 15.0. The molecule has 7 nitrogen and oxygen atoms in total. The minimum absolute atomic E-state index is 0.164. The molecule has 1 amide bonds. The number of methoxy groups -OCH3 is 4. The molecule has 3 aromatic rings. The summed E-state index contributed by atoms with van der Waals surface area (Å²) < 4.78 is 22.0. The van der Waals surface area contributed by atoms with Gasteiger partial charge in [-0.1, -0.05) is 11.8 Å². The fraction of sp³-hybridized carbons (Fsp3) is 0.273. The zero-order valence-electron chi connectivity index (χ0n) is 17.8. The number of nitrogens with zero attached hydrogens (tertiary/aromatic N) is 1. The molecule has 0 radical (unpaired) electrons. The highest BCUT2D eigenvalue weighted by Crippen LogP contribution is 2.31. The minimum Gasteiger partial charge on any atom is -0.497 e. The predicted octanol–water partition coefficient (Wildman–Crippen LogP) is 4.65. The molecule has 0 bridgehead atoms. The molecule has 0 saturated carbocycles. The van der Waals surface area contributed by atoms with Crippen LogP contribution in [0, 0.1) is 0 Å². The van der Waals surface area contributed by atoms with Gasteiger partial charge in [-0.2, -0.15) is 0 Å². The molecule has 164 valence electrons. The molecule has 1 aromatic heterocycles. The lowest BCUT2D eigenvalue weighted by molar-refractivity contribution is -0.115. The molecule has 0 aliphatic heterocycles. The summed E-state index contributed by atoms with van der Waals surface area (Å²) in [5, 5.41) is 4.77. The lowest BCUT2D eigenvalue weighted by Crippen LogP contribution is -2.15. The Morgan fingerprint density at radius 1 is 0.968 bits per heavy atom. The van der Waals surface area contributed by atoms with Crippen LogP contribution in [0.1, 0.15) is 11.3 Å². The maximum absolute atomic E-state index is 12.5. The van der Waals surface area contributed by atoms with Crippen LogP contribution < -0.4 is 24.3 Å². The van der Waals surface area contributed by atoms with Crippen LogP contribution >= 0.6 is 23.1 Å². The van der Waals surface area contributed by atoms with E-state index in [1.54, 1.807) is 58.4 Å². The molecule has 0 atom stereocenters. The number of thioether (sulfide) groups is 1. The van der Waals surface area contributed by atoms with Gasteiger partial charge in [-0.05, 0) is 29.8 Å². The number of nitrogens with one attached hydrogen (secondary N) is 1. The topological polar surface area (TPSA) is 78.9 Å². The maximum Gasteiger partial charge on any atom is 0.230 e. The number of hydrogen-bond acceptors (Lipinski definition) is 8. The Hall–Kier alpha value is -2.91. The molecule has 0 unspecified atom stereocenters.